The predicted octanol–water partition coefficient (Wildman–Crippen LogP) is 3.07. The molecule has 2 aromatic rings. The zero-order valence-electron chi connectivity index (χ0n) is 11.2. The number of hydrogen-bond donors (Lipinski definition) is 1. The van der Waals surface area contributed by atoms with Gasteiger partial charge in [0.2, 0.25) is 5.91 Å². The van der Waals surface area contributed by atoms with Gasteiger partial charge in [-0.1, -0.05) is 36.4 Å². The van der Waals surface area contributed by atoms with E-state index >= 15 is 0 Å². The van der Waals surface area contributed by atoms with Crippen molar-refractivity contribution in [3.63, 3.8) is 0 Å². The molecule has 20 heavy (non-hydrogen) atoms. The summed E-state index contributed by atoms with van der Waals surface area (Å²) in [6.45, 7) is 0.607. The van der Waals surface area contributed by atoms with Gasteiger partial charge in [0.15, 0.2) is 5.78 Å². The van der Waals surface area contributed by atoms with Crippen LogP contribution >= 0.6 is 11.3 Å². The lowest BCUT2D eigenvalue weighted by Crippen LogP contribution is -2.25. The molecule has 1 amide bonds. The number of thiophene rings is 1. The summed E-state index contributed by atoms with van der Waals surface area (Å²) in [6.07, 6.45) is 1.34. The summed E-state index contributed by atoms with van der Waals surface area (Å²) < 4.78 is 0. The van der Waals surface area contributed by atoms with Crippen molar-refractivity contribution >= 4 is 23.0 Å². The topological polar surface area (TPSA) is 46.2 Å². The van der Waals surface area contributed by atoms with Crippen LogP contribution in [0.25, 0.3) is 0 Å². The first kappa shape index (κ1) is 14.5. The van der Waals surface area contributed by atoms with Crippen molar-refractivity contribution in [1.82, 2.24) is 5.32 Å². The first-order valence-electron chi connectivity index (χ1n) is 6.63. The Morgan fingerprint density at radius 2 is 1.80 bits per heavy atom. The van der Waals surface area contributed by atoms with Crippen molar-refractivity contribution < 1.29 is 9.59 Å². The Morgan fingerprint density at radius 3 is 2.50 bits per heavy atom. The third-order valence-corrected chi connectivity index (χ3v) is 3.86. The second-order valence-corrected chi connectivity index (χ2v) is 5.43. The molecule has 0 unspecified atom stereocenters. The molecule has 0 aliphatic heterocycles. The van der Waals surface area contributed by atoms with E-state index in [1.54, 1.807) is 6.07 Å². The fourth-order valence-corrected chi connectivity index (χ4v) is 2.56. The van der Waals surface area contributed by atoms with Crippen molar-refractivity contribution in [2.24, 2.45) is 0 Å². The summed E-state index contributed by atoms with van der Waals surface area (Å²) in [5.41, 5.74) is 1.20. The van der Waals surface area contributed by atoms with Crippen molar-refractivity contribution in [2.75, 3.05) is 6.54 Å². The Bertz CT molecular complexity index is 549. The molecular weight excluding hydrogens is 270 g/mol. The SMILES string of the molecule is O=C(CCC(=O)c1cccs1)NCCc1ccccc1. The molecule has 1 N–H and O–H groups in total. The minimum Gasteiger partial charge on any atom is -0.356 e. The summed E-state index contributed by atoms with van der Waals surface area (Å²) in [5, 5.41) is 4.71. The minimum atomic E-state index is -0.0640. The maximum Gasteiger partial charge on any atom is 0.220 e. The third kappa shape index (κ3) is 4.63. The van der Waals surface area contributed by atoms with Crippen molar-refractivity contribution in [3.8, 4) is 0 Å². The van der Waals surface area contributed by atoms with E-state index < -0.39 is 0 Å². The first-order chi connectivity index (χ1) is 9.75. The normalized spacial score (nSPS) is 10.2. The molecule has 4 heteroatoms. The van der Waals surface area contributed by atoms with Gasteiger partial charge in [0.1, 0.15) is 0 Å². The number of nitrogens with one attached hydrogen (secondary N) is 1. The molecule has 0 fully saturated rings. The lowest BCUT2D eigenvalue weighted by Gasteiger charge is -2.04. The van der Waals surface area contributed by atoms with Crippen LogP contribution in [-0.2, 0) is 11.2 Å². The fourth-order valence-electron chi connectivity index (χ4n) is 1.87. The Kier molecular flexibility index (Phi) is 5.50. The van der Waals surface area contributed by atoms with Crippen molar-refractivity contribution in [2.45, 2.75) is 19.3 Å². The van der Waals surface area contributed by atoms with Crippen LogP contribution in [0.15, 0.2) is 47.8 Å². The van der Waals surface area contributed by atoms with Crippen LogP contribution in [0.5, 0.6) is 0 Å². The molecule has 2 rings (SSSR count). The zero-order valence-corrected chi connectivity index (χ0v) is 12.0. The van der Waals surface area contributed by atoms with Crippen LogP contribution in [0.4, 0.5) is 0 Å². The highest BCUT2D eigenvalue weighted by Crippen LogP contribution is 2.12. The number of amides is 1. The second kappa shape index (κ2) is 7.60. The number of rotatable bonds is 7. The van der Waals surface area contributed by atoms with Gasteiger partial charge < -0.3 is 5.32 Å². The van der Waals surface area contributed by atoms with Gasteiger partial charge in [-0.15, -0.1) is 11.3 Å². The average Bonchev–Trinajstić information content (AvgIpc) is 3.00. The molecule has 0 saturated carbocycles. The van der Waals surface area contributed by atoms with Gasteiger partial charge in [-0.05, 0) is 23.4 Å². The van der Waals surface area contributed by atoms with E-state index in [0.717, 1.165) is 11.3 Å². The third-order valence-electron chi connectivity index (χ3n) is 2.95. The molecule has 0 atom stereocenters. The maximum atomic E-state index is 11.7. The predicted molar refractivity (Wildman–Crippen MR) is 81.0 cm³/mol. The van der Waals surface area contributed by atoms with Crippen LogP contribution in [-0.4, -0.2) is 18.2 Å². The lowest BCUT2D eigenvalue weighted by atomic mass is 10.1. The lowest BCUT2D eigenvalue weighted by molar-refractivity contribution is -0.121. The molecule has 104 valence electrons. The van der Waals surface area contributed by atoms with E-state index in [-0.39, 0.29) is 24.5 Å². The van der Waals surface area contributed by atoms with Crippen LogP contribution < -0.4 is 5.32 Å². The van der Waals surface area contributed by atoms with E-state index in [1.165, 1.54) is 16.9 Å². The van der Waals surface area contributed by atoms with Crippen molar-refractivity contribution in [1.29, 1.82) is 0 Å². The molecule has 0 radical (unpaired) electrons. The highest BCUT2D eigenvalue weighted by molar-refractivity contribution is 7.12. The quantitative estimate of drug-likeness (QED) is 0.795. The van der Waals surface area contributed by atoms with Crippen LogP contribution in [0.3, 0.4) is 0 Å². The summed E-state index contributed by atoms with van der Waals surface area (Å²) >= 11 is 1.42. The summed E-state index contributed by atoms with van der Waals surface area (Å²) in [6, 6.07) is 13.6. The number of carbonyl (C=O) groups excluding carboxylic acids is 2. The number of benzene rings is 1. The fraction of sp³-hybridized carbons (Fsp3) is 0.250. The molecule has 0 bridgehead atoms. The zero-order chi connectivity index (χ0) is 14.2. The molecular formula is C16H17NO2S. The Balaban J connectivity index is 1.65. The molecule has 1 aromatic carbocycles. The van der Waals surface area contributed by atoms with E-state index in [1.807, 2.05) is 41.8 Å². The molecule has 0 saturated heterocycles. The average molecular weight is 287 g/mol. The Hall–Kier alpha value is -1.94. The number of ketones is 1. The molecule has 1 aromatic heterocycles. The van der Waals surface area contributed by atoms with Crippen molar-refractivity contribution in [3.05, 3.63) is 58.3 Å². The summed E-state index contributed by atoms with van der Waals surface area (Å²) in [5.74, 6) is -0.0240. The van der Waals surface area contributed by atoms with Gasteiger partial charge in [-0.25, -0.2) is 0 Å². The van der Waals surface area contributed by atoms with E-state index in [4.69, 9.17) is 0 Å². The largest absolute Gasteiger partial charge is 0.356 e. The number of Topliss-reactive ketones (excluding diaryl/α,β-unsaturated/α-hetero) is 1. The first-order valence-corrected chi connectivity index (χ1v) is 7.51. The van der Waals surface area contributed by atoms with E-state index in [9.17, 15) is 9.59 Å². The van der Waals surface area contributed by atoms with Gasteiger partial charge in [-0.2, -0.15) is 0 Å². The molecule has 3 nitrogen and oxygen atoms in total. The van der Waals surface area contributed by atoms with Gasteiger partial charge in [0, 0.05) is 19.4 Å². The second-order valence-electron chi connectivity index (χ2n) is 4.49. The smallest absolute Gasteiger partial charge is 0.220 e. The van der Waals surface area contributed by atoms with Gasteiger partial charge >= 0.3 is 0 Å². The summed E-state index contributed by atoms with van der Waals surface area (Å²) in [7, 11) is 0. The Morgan fingerprint density at radius 1 is 1.00 bits per heavy atom. The van der Waals surface area contributed by atoms with Gasteiger partial charge in [0.25, 0.3) is 0 Å². The highest BCUT2D eigenvalue weighted by Gasteiger charge is 2.09. The monoisotopic (exact) mass is 287 g/mol. The minimum absolute atomic E-state index is 0.0400. The van der Waals surface area contributed by atoms with E-state index in [0.29, 0.717) is 6.54 Å². The molecule has 0 aliphatic rings. The molecule has 0 aliphatic carbocycles. The van der Waals surface area contributed by atoms with Crippen LogP contribution in [0.2, 0.25) is 0 Å². The molecule has 1 heterocycles. The summed E-state index contributed by atoms with van der Waals surface area (Å²) in [4.78, 5) is 24.1. The number of carbonyl (C=O) groups is 2. The Labute approximate surface area is 122 Å². The van der Waals surface area contributed by atoms with Crippen LogP contribution in [0, 0.1) is 0 Å². The maximum absolute atomic E-state index is 11.7. The van der Waals surface area contributed by atoms with Gasteiger partial charge in [-0.3, -0.25) is 9.59 Å². The van der Waals surface area contributed by atoms with Crippen LogP contribution in [0.1, 0.15) is 28.1 Å². The number of hydrogen-bond acceptors (Lipinski definition) is 3. The van der Waals surface area contributed by atoms with Gasteiger partial charge in [0.05, 0.1) is 4.88 Å². The van der Waals surface area contributed by atoms with E-state index in [2.05, 4.69) is 5.32 Å². The highest BCUT2D eigenvalue weighted by atomic mass is 32.1. The standard InChI is InChI=1S/C16H17NO2S/c18-14(15-7-4-12-20-15)8-9-16(19)17-11-10-13-5-2-1-3-6-13/h1-7,12H,8-11H2,(H,17,19). The molecule has 0 spiro atoms.